The molecule has 0 spiro atoms. The van der Waals surface area contributed by atoms with Crippen LogP contribution in [0.2, 0.25) is 0 Å². The molecule has 9 nitrogen and oxygen atoms in total. The van der Waals surface area contributed by atoms with Crippen LogP contribution in [0, 0.1) is 24.0 Å². The van der Waals surface area contributed by atoms with E-state index in [0.717, 1.165) is 11.4 Å². The summed E-state index contributed by atoms with van der Waals surface area (Å²) < 4.78 is 1.23. The molecule has 0 saturated carbocycles. The molecule has 0 atom stereocenters. The van der Waals surface area contributed by atoms with E-state index >= 15 is 0 Å². The fourth-order valence-electron chi connectivity index (χ4n) is 3.01. The number of nitro benzene ring substituents is 1. The van der Waals surface area contributed by atoms with Gasteiger partial charge in [-0.2, -0.15) is 4.68 Å². The summed E-state index contributed by atoms with van der Waals surface area (Å²) in [5.41, 5.74) is 2.50. The number of aryl methyl sites for hydroxylation is 2. The van der Waals surface area contributed by atoms with Crippen LogP contribution in [0.3, 0.4) is 0 Å². The van der Waals surface area contributed by atoms with Crippen LogP contribution < -0.4 is 5.56 Å². The highest BCUT2D eigenvalue weighted by molar-refractivity contribution is 5.92. The fraction of sp³-hybridized carbons (Fsp3) is 0.111. The highest BCUT2D eigenvalue weighted by atomic mass is 16.6. The number of nitro groups is 1. The first kappa shape index (κ1) is 16.6. The van der Waals surface area contributed by atoms with E-state index < -0.39 is 4.92 Å². The summed E-state index contributed by atoms with van der Waals surface area (Å²) in [5, 5.41) is 14.3. The average Bonchev–Trinajstić information content (AvgIpc) is 2.98. The number of nitrogens with one attached hydrogen (secondary N) is 1. The number of non-ortho nitro benzene ring substituents is 1. The Labute approximate surface area is 152 Å². The molecule has 0 fully saturated rings. The molecule has 3 aromatic heterocycles. The van der Waals surface area contributed by atoms with E-state index in [1.165, 1.54) is 16.8 Å². The minimum Gasteiger partial charge on any atom is -0.271 e. The van der Waals surface area contributed by atoms with Gasteiger partial charge in [-0.15, -0.1) is 0 Å². The molecule has 0 amide bonds. The van der Waals surface area contributed by atoms with E-state index in [-0.39, 0.29) is 17.2 Å². The molecule has 0 unspecified atom stereocenters. The predicted octanol–water partition coefficient (Wildman–Crippen LogP) is 2.70. The first-order chi connectivity index (χ1) is 12.9. The third-order valence-corrected chi connectivity index (χ3v) is 4.12. The summed E-state index contributed by atoms with van der Waals surface area (Å²) >= 11 is 0. The standard InChI is InChI=1S/C18H14N6O3/c1-10-8-11(2)21-18(20-10)23-17(25)15-14(6-7-19-16(15)22-23)12-4-3-5-13(9-12)24(26)27/h3-9H,1-2H3,(H,19,22). The lowest BCUT2D eigenvalue weighted by Gasteiger charge is -2.02. The Morgan fingerprint density at radius 2 is 1.85 bits per heavy atom. The number of nitrogens with zero attached hydrogens (tertiary/aromatic N) is 5. The number of H-pyrrole nitrogens is 1. The second kappa shape index (κ2) is 6.13. The van der Waals surface area contributed by atoms with Crippen molar-refractivity contribution in [3.8, 4) is 17.1 Å². The third-order valence-electron chi connectivity index (χ3n) is 4.12. The van der Waals surface area contributed by atoms with Crippen molar-refractivity contribution >= 4 is 16.7 Å². The molecule has 0 bridgehead atoms. The van der Waals surface area contributed by atoms with Gasteiger partial charge in [0.2, 0.25) is 0 Å². The topological polar surface area (TPSA) is 120 Å². The molecule has 4 aromatic rings. The Morgan fingerprint density at radius 3 is 2.56 bits per heavy atom. The summed E-state index contributed by atoms with van der Waals surface area (Å²) in [4.78, 5) is 36.5. The van der Waals surface area contributed by atoms with Crippen molar-refractivity contribution in [2.24, 2.45) is 0 Å². The van der Waals surface area contributed by atoms with Crippen LogP contribution >= 0.6 is 0 Å². The second-order valence-corrected chi connectivity index (χ2v) is 6.09. The molecular formula is C18H14N6O3. The molecule has 9 heteroatoms. The molecule has 4 rings (SSSR count). The van der Waals surface area contributed by atoms with Gasteiger partial charge < -0.3 is 0 Å². The molecule has 0 aliphatic carbocycles. The van der Waals surface area contributed by atoms with Crippen molar-refractivity contribution in [2.75, 3.05) is 0 Å². The molecule has 0 radical (unpaired) electrons. The Hall–Kier alpha value is -3.88. The van der Waals surface area contributed by atoms with Gasteiger partial charge in [0, 0.05) is 35.3 Å². The average molecular weight is 362 g/mol. The zero-order chi connectivity index (χ0) is 19.1. The van der Waals surface area contributed by atoms with Gasteiger partial charge in [0.05, 0.1) is 10.3 Å². The molecule has 1 N–H and O–H groups in total. The normalized spacial score (nSPS) is 11.0. The quantitative estimate of drug-likeness (QED) is 0.442. The van der Waals surface area contributed by atoms with Gasteiger partial charge in [-0.05, 0) is 31.5 Å². The maximum Gasteiger partial charge on any atom is 0.284 e. The Balaban J connectivity index is 1.97. The summed E-state index contributed by atoms with van der Waals surface area (Å²) in [6, 6.07) is 9.59. The highest BCUT2D eigenvalue weighted by Crippen LogP contribution is 2.27. The summed E-state index contributed by atoms with van der Waals surface area (Å²) in [7, 11) is 0. The maximum atomic E-state index is 13.0. The monoisotopic (exact) mass is 362 g/mol. The van der Waals surface area contributed by atoms with Crippen LogP contribution in [0.15, 0.2) is 47.4 Å². The van der Waals surface area contributed by atoms with Gasteiger partial charge in [-0.3, -0.25) is 20.0 Å². The van der Waals surface area contributed by atoms with Gasteiger partial charge in [-0.25, -0.2) is 15.0 Å². The van der Waals surface area contributed by atoms with Crippen LogP contribution in [0.5, 0.6) is 0 Å². The molecule has 27 heavy (non-hydrogen) atoms. The number of fused-ring (bicyclic) bond motifs is 1. The zero-order valence-corrected chi connectivity index (χ0v) is 14.5. The highest BCUT2D eigenvalue weighted by Gasteiger charge is 2.17. The second-order valence-electron chi connectivity index (χ2n) is 6.09. The Morgan fingerprint density at radius 1 is 1.11 bits per heavy atom. The minimum absolute atomic E-state index is 0.0500. The third kappa shape index (κ3) is 2.84. The van der Waals surface area contributed by atoms with Crippen LogP contribution in [-0.4, -0.2) is 29.7 Å². The van der Waals surface area contributed by atoms with Gasteiger partial charge >= 0.3 is 0 Å². The molecule has 0 aliphatic rings. The number of benzene rings is 1. The number of aromatic amines is 1. The van der Waals surface area contributed by atoms with Crippen molar-refractivity contribution in [1.29, 1.82) is 0 Å². The number of aromatic nitrogens is 5. The lowest BCUT2D eigenvalue weighted by Crippen LogP contribution is -2.18. The summed E-state index contributed by atoms with van der Waals surface area (Å²) in [5.74, 6) is 0.223. The lowest BCUT2D eigenvalue weighted by atomic mass is 10.0. The van der Waals surface area contributed by atoms with Gasteiger partial charge in [0.25, 0.3) is 17.2 Å². The number of hydrogen-bond acceptors (Lipinski definition) is 6. The molecule has 1 aromatic carbocycles. The lowest BCUT2D eigenvalue weighted by molar-refractivity contribution is -0.384. The first-order valence-corrected chi connectivity index (χ1v) is 8.11. The van der Waals surface area contributed by atoms with Gasteiger partial charge in [0.1, 0.15) is 0 Å². The summed E-state index contributed by atoms with van der Waals surface area (Å²) in [6.45, 7) is 3.64. The van der Waals surface area contributed by atoms with Crippen LogP contribution in [0.25, 0.3) is 28.1 Å². The Bertz CT molecular complexity index is 1240. The SMILES string of the molecule is Cc1cc(C)nc(-n2[nH]c3nccc(-c4cccc([N+](=O)[O-])c4)c3c2=O)n1. The smallest absolute Gasteiger partial charge is 0.271 e. The van der Waals surface area contributed by atoms with E-state index in [0.29, 0.717) is 22.2 Å². The van der Waals surface area contributed by atoms with Crippen LogP contribution in [0.1, 0.15) is 11.4 Å². The fourth-order valence-corrected chi connectivity index (χ4v) is 3.01. The predicted molar refractivity (Wildman–Crippen MR) is 98.8 cm³/mol. The number of hydrogen-bond donors (Lipinski definition) is 1. The molecule has 134 valence electrons. The molecule has 0 saturated heterocycles. The van der Waals surface area contributed by atoms with Crippen LogP contribution in [0.4, 0.5) is 5.69 Å². The number of rotatable bonds is 3. The van der Waals surface area contributed by atoms with E-state index in [4.69, 9.17) is 0 Å². The largest absolute Gasteiger partial charge is 0.284 e. The van der Waals surface area contributed by atoms with E-state index in [9.17, 15) is 14.9 Å². The Kier molecular flexibility index (Phi) is 3.76. The maximum absolute atomic E-state index is 13.0. The first-order valence-electron chi connectivity index (χ1n) is 8.11. The number of pyridine rings is 1. The molecule has 0 aliphatic heterocycles. The summed E-state index contributed by atoms with van der Waals surface area (Å²) in [6.07, 6.45) is 1.54. The van der Waals surface area contributed by atoms with Crippen molar-refractivity contribution in [3.05, 3.63) is 74.5 Å². The minimum atomic E-state index is -0.472. The van der Waals surface area contributed by atoms with Crippen LogP contribution in [-0.2, 0) is 0 Å². The van der Waals surface area contributed by atoms with Gasteiger partial charge in [0.15, 0.2) is 5.65 Å². The van der Waals surface area contributed by atoms with E-state index in [2.05, 4.69) is 20.1 Å². The molecule has 3 heterocycles. The van der Waals surface area contributed by atoms with Crippen molar-refractivity contribution < 1.29 is 4.92 Å². The molecular weight excluding hydrogens is 348 g/mol. The van der Waals surface area contributed by atoms with Crippen molar-refractivity contribution in [1.82, 2.24) is 24.7 Å². The van der Waals surface area contributed by atoms with Gasteiger partial charge in [-0.1, -0.05) is 12.1 Å². The van der Waals surface area contributed by atoms with Crippen molar-refractivity contribution in [3.63, 3.8) is 0 Å². The zero-order valence-electron chi connectivity index (χ0n) is 14.5. The van der Waals surface area contributed by atoms with E-state index in [1.807, 2.05) is 19.9 Å². The van der Waals surface area contributed by atoms with E-state index in [1.54, 1.807) is 24.4 Å². The van der Waals surface area contributed by atoms with Crippen molar-refractivity contribution in [2.45, 2.75) is 13.8 Å².